The first-order valence-corrected chi connectivity index (χ1v) is 6.39. The highest BCUT2D eigenvalue weighted by Gasteiger charge is 2.53. The first kappa shape index (κ1) is 9.10. The van der Waals surface area contributed by atoms with E-state index in [0.29, 0.717) is 25.0 Å². The van der Waals surface area contributed by atoms with Gasteiger partial charge >= 0.3 is 7.82 Å². The number of allylic oxidation sites excluding steroid dienone is 2. The van der Waals surface area contributed by atoms with Crippen LogP contribution in [0, 0.1) is 17.3 Å². The molecule has 2 atom stereocenters. The summed E-state index contributed by atoms with van der Waals surface area (Å²) in [6.07, 6.45) is 6.63. The Hall–Kier alpha value is -0.150. The van der Waals surface area contributed by atoms with E-state index in [2.05, 4.69) is 12.2 Å². The monoisotopic (exact) mass is 216 g/mol. The molecule has 2 aliphatic carbocycles. The largest absolute Gasteiger partial charge is 0.472 e. The molecule has 1 N–H and O–H groups in total. The molecule has 14 heavy (non-hydrogen) atoms. The summed E-state index contributed by atoms with van der Waals surface area (Å²) in [6.45, 7) is 0.735. The summed E-state index contributed by atoms with van der Waals surface area (Å²) < 4.78 is 20.9. The first-order chi connectivity index (χ1) is 6.60. The van der Waals surface area contributed by atoms with Crippen molar-refractivity contribution in [2.75, 3.05) is 13.2 Å². The number of phosphoric ester groups is 1. The van der Waals surface area contributed by atoms with Gasteiger partial charge in [-0.3, -0.25) is 9.05 Å². The van der Waals surface area contributed by atoms with E-state index in [4.69, 9.17) is 13.9 Å². The number of rotatable bonds is 0. The predicted octanol–water partition coefficient (Wildman–Crippen LogP) is 1.72. The van der Waals surface area contributed by atoms with E-state index < -0.39 is 7.82 Å². The number of hydrogen-bond acceptors (Lipinski definition) is 3. The molecule has 0 aromatic carbocycles. The first-order valence-electron chi connectivity index (χ1n) is 4.90. The molecule has 2 unspecified atom stereocenters. The van der Waals surface area contributed by atoms with Gasteiger partial charge in [0.05, 0.1) is 13.2 Å². The van der Waals surface area contributed by atoms with Crippen molar-refractivity contribution in [3.63, 3.8) is 0 Å². The molecule has 3 aliphatic rings. The van der Waals surface area contributed by atoms with Crippen molar-refractivity contribution < 1.29 is 18.5 Å². The van der Waals surface area contributed by atoms with Gasteiger partial charge in [0.2, 0.25) is 0 Å². The van der Waals surface area contributed by atoms with E-state index in [1.165, 1.54) is 0 Å². The van der Waals surface area contributed by atoms with Crippen LogP contribution < -0.4 is 0 Å². The Balaban J connectivity index is 1.82. The summed E-state index contributed by atoms with van der Waals surface area (Å²) >= 11 is 0. The minimum absolute atomic E-state index is 0.0178. The molecule has 1 saturated carbocycles. The average Bonchev–Trinajstić information content (AvgIpc) is 2.71. The second-order valence-corrected chi connectivity index (χ2v) is 6.02. The van der Waals surface area contributed by atoms with Gasteiger partial charge in [-0.2, -0.15) is 0 Å². The fourth-order valence-electron chi connectivity index (χ4n) is 2.88. The Labute approximate surface area is 82.5 Å². The molecule has 5 heteroatoms. The average molecular weight is 216 g/mol. The summed E-state index contributed by atoms with van der Waals surface area (Å²) in [5.74, 6) is 1.11. The molecular formula is C9H13O4P. The summed E-state index contributed by atoms with van der Waals surface area (Å²) in [7, 11) is -3.71. The van der Waals surface area contributed by atoms with E-state index in [-0.39, 0.29) is 5.41 Å². The van der Waals surface area contributed by atoms with Crippen molar-refractivity contribution in [3.8, 4) is 0 Å². The van der Waals surface area contributed by atoms with Crippen LogP contribution in [0.5, 0.6) is 0 Å². The van der Waals surface area contributed by atoms with E-state index in [0.717, 1.165) is 12.8 Å². The number of hydrogen-bond donors (Lipinski definition) is 1. The third-order valence-electron chi connectivity index (χ3n) is 3.66. The molecule has 1 saturated heterocycles. The van der Waals surface area contributed by atoms with Gasteiger partial charge in [0.25, 0.3) is 0 Å². The SMILES string of the molecule is O=P1(O)OCC2(CO1)CC1C=CC2C1. The van der Waals surface area contributed by atoms with Crippen molar-refractivity contribution in [1.82, 2.24) is 0 Å². The van der Waals surface area contributed by atoms with Crippen LogP contribution in [0.3, 0.4) is 0 Å². The molecule has 2 bridgehead atoms. The minimum Gasteiger partial charge on any atom is -0.302 e. The van der Waals surface area contributed by atoms with Gasteiger partial charge in [-0.1, -0.05) is 12.2 Å². The molecule has 2 fully saturated rings. The van der Waals surface area contributed by atoms with Crippen LogP contribution in [0.4, 0.5) is 0 Å². The molecule has 4 nitrogen and oxygen atoms in total. The maximum atomic E-state index is 11.1. The second-order valence-electron chi connectivity index (χ2n) is 4.57. The van der Waals surface area contributed by atoms with Gasteiger partial charge in [0, 0.05) is 5.41 Å². The lowest BCUT2D eigenvalue weighted by molar-refractivity contribution is -0.0207. The van der Waals surface area contributed by atoms with Crippen LogP contribution >= 0.6 is 7.82 Å². The Morgan fingerprint density at radius 1 is 1.36 bits per heavy atom. The van der Waals surface area contributed by atoms with Crippen molar-refractivity contribution in [2.24, 2.45) is 17.3 Å². The van der Waals surface area contributed by atoms with Crippen molar-refractivity contribution >= 4 is 7.82 Å². The highest BCUT2D eigenvalue weighted by molar-refractivity contribution is 7.47. The Kier molecular flexibility index (Phi) is 1.76. The zero-order valence-corrected chi connectivity index (χ0v) is 8.65. The third-order valence-corrected chi connectivity index (χ3v) is 4.57. The lowest BCUT2D eigenvalue weighted by atomic mass is 9.77. The lowest BCUT2D eigenvalue weighted by Crippen LogP contribution is -2.38. The summed E-state index contributed by atoms with van der Waals surface area (Å²) in [5, 5.41) is 0. The van der Waals surface area contributed by atoms with Crippen LogP contribution in [-0.4, -0.2) is 18.1 Å². The third kappa shape index (κ3) is 1.22. The summed E-state index contributed by atoms with van der Waals surface area (Å²) in [6, 6.07) is 0. The normalized spacial score (nSPS) is 55.8. The fourth-order valence-corrected chi connectivity index (χ4v) is 3.80. The van der Waals surface area contributed by atoms with E-state index in [1.807, 2.05) is 0 Å². The molecule has 0 radical (unpaired) electrons. The summed E-state index contributed by atoms with van der Waals surface area (Å²) in [4.78, 5) is 9.08. The summed E-state index contributed by atoms with van der Waals surface area (Å²) in [5.41, 5.74) is -0.0178. The van der Waals surface area contributed by atoms with E-state index in [9.17, 15) is 4.57 Å². The molecule has 78 valence electrons. The Bertz CT molecular complexity index is 326. The highest BCUT2D eigenvalue weighted by Crippen LogP contribution is 2.59. The topological polar surface area (TPSA) is 55.8 Å². The maximum Gasteiger partial charge on any atom is 0.472 e. The van der Waals surface area contributed by atoms with Gasteiger partial charge in [-0.15, -0.1) is 0 Å². The van der Waals surface area contributed by atoms with Gasteiger partial charge in [-0.25, -0.2) is 4.57 Å². The van der Waals surface area contributed by atoms with E-state index in [1.54, 1.807) is 0 Å². The predicted molar refractivity (Wildman–Crippen MR) is 49.5 cm³/mol. The molecule has 3 rings (SSSR count). The lowest BCUT2D eigenvalue weighted by Gasteiger charge is -2.39. The minimum atomic E-state index is -3.71. The van der Waals surface area contributed by atoms with Gasteiger partial charge < -0.3 is 4.89 Å². The number of phosphoric acid groups is 1. The van der Waals surface area contributed by atoms with Gasteiger partial charge in [0.15, 0.2) is 0 Å². The van der Waals surface area contributed by atoms with Gasteiger partial charge in [0.1, 0.15) is 0 Å². The smallest absolute Gasteiger partial charge is 0.302 e. The van der Waals surface area contributed by atoms with Gasteiger partial charge in [-0.05, 0) is 24.7 Å². The molecule has 0 aromatic heterocycles. The molecular weight excluding hydrogens is 203 g/mol. The molecule has 0 amide bonds. The molecule has 1 aliphatic heterocycles. The second kappa shape index (κ2) is 2.70. The van der Waals surface area contributed by atoms with Crippen molar-refractivity contribution in [2.45, 2.75) is 12.8 Å². The van der Waals surface area contributed by atoms with Crippen LogP contribution in [0.1, 0.15) is 12.8 Å². The maximum absolute atomic E-state index is 11.1. The standard InChI is InChI=1S/C9H13O4P/c10-14(11)12-5-9(6-13-14)4-7-1-2-8(9)3-7/h1-2,7-8H,3-6H2,(H,10,11). The highest BCUT2D eigenvalue weighted by atomic mass is 31.2. The molecule has 0 aromatic rings. The van der Waals surface area contributed by atoms with Crippen LogP contribution in [0.15, 0.2) is 12.2 Å². The zero-order chi connectivity index (χ0) is 9.81. The Morgan fingerprint density at radius 3 is 2.57 bits per heavy atom. The van der Waals surface area contributed by atoms with Crippen LogP contribution in [0.25, 0.3) is 0 Å². The zero-order valence-electron chi connectivity index (χ0n) is 7.76. The van der Waals surface area contributed by atoms with E-state index >= 15 is 0 Å². The van der Waals surface area contributed by atoms with Crippen molar-refractivity contribution in [1.29, 1.82) is 0 Å². The van der Waals surface area contributed by atoms with Crippen LogP contribution in [-0.2, 0) is 13.6 Å². The molecule has 1 spiro atoms. The Morgan fingerprint density at radius 2 is 2.07 bits per heavy atom. The quantitative estimate of drug-likeness (QED) is 0.494. The van der Waals surface area contributed by atoms with Crippen LogP contribution in [0.2, 0.25) is 0 Å². The number of fused-ring (bicyclic) bond motifs is 3. The fraction of sp³-hybridized carbons (Fsp3) is 0.778. The van der Waals surface area contributed by atoms with Crippen molar-refractivity contribution in [3.05, 3.63) is 12.2 Å². The molecule has 1 heterocycles.